The molecule has 2 heteroatoms. The zero-order valence-corrected chi connectivity index (χ0v) is 9.85. The Morgan fingerprint density at radius 2 is 2.00 bits per heavy atom. The second-order valence-corrected chi connectivity index (χ2v) is 4.33. The number of hydrogen-bond acceptors (Lipinski definition) is 2. The Morgan fingerprint density at radius 1 is 1.25 bits per heavy atom. The monoisotopic (exact) mass is 214 g/mol. The Hall–Kier alpha value is -1.41. The van der Waals surface area contributed by atoms with Gasteiger partial charge in [-0.2, -0.15) is 0 Å². The summed E-state index contributed by atoms with van der Waals surface area (Å²) >= 11 is 0. The summed E-state index contributed by atoms with van der Waals surface area (Å²) in [6.07, 6.45) is 2.94. The summed E-state index contributed by atoms with van der Waals surface area (Å²) < 4.78 is 0. The molecule has 84 valence electrons. The molecule has 0 spiro atoms. The summed E-state index contributed by atoms with van der Waals surface area (Å²) in [5.74, 6) is 0.491. The predicted molar refractivity (Wildman–Crippen MR) is 68.1 cm³/mol. The quantitative estimate of drug-likeness (QED) is 0.851. The van der Waals surface area contributed by atoms with E-state index in [0.29, 0.717) is 5.92 Å². The van der Waals surface area contributed by atoms with Crippen molar-refractivity contribution in [1.29, 1.82) is 0 Å². The number of aromatic nitrogens is 1. The van der Waals surface area contributed by atoms with Crippen molar-refractivity contribution < 1.29 is 0 Å². The van der Waals surface area contributed by atoms with Crippen molar-refractivity contribution >= 4 is 10.9 Å². The van der Waals surface area contributed by atoms with Crippen LogP contribution in [0.1, 0.15) is 31.9 Å². The van der Waals surface area contributed by atoms with Crippen molar-refractivity contribution in [2.24, 2.45) is 11.7 Å². The zero-order chi connectivity index (χ0) is 11.5. The topological polar surface area (TPSA) is 38.9 Å². The van der Waals surface area contributed by atoms with E-state index in [4.69, 9.17) is 5.73 Å². The highest BCUT2D eigenvalue weighted by molar-refractivity contribution is 5.82. The highest BCUT2D eigenvalue weighted by atomic mass is 14.7. The summed E-state index contributed by atoms with van der Waals surface area (Å²) in [7, 11) is 0. The average molecular weight is 214 g/mol. The largest absolute Gasteiger partial charge is 0.324 e. The van der Waals surface area contributed by atoms with Crippen LogP contribution >= 0.6 is 0 Å². The summed E-state index contributed by atoms with van der Waals surface area (Å²) in [6.45, 7) is 4.37. The van der Waals surface area contributed by atoms with Gasteiger partial charge in [-0.15, -0.1) is 0 Å². The van der Waals surface area contributed by atoms with E-state index in [1.54, 1.807) is 0 Å². The second kappa shape index (κ2) is 4.62. The van der Waals surface area contributed by atoms with Gasteiger partial charge in [0.15, 0.2) is 0 Å². The van der Waals surface area contributed by atoms with Crippen molar-refractivity contribution in [3.05, 3.63) is 42.1 Å². The van der Waals surface area contributed by atoms with Crippen LogP contribution in [0.5, 0.6) is 0 Å². The van der Waals surface area contributed by atoms with Gasteiger partial charge in [-0.25, -0.2) is 0 Å². The van der Waals surface area contributed by atoms with Crippen LogP contribution in [-0.4, -0.2) is 4.98 Å². The Balaban J connectivity index is 2.52. The van der Waals surface area contributed by atoms with Crippen LogP contribution in [0.25, 0.3) is 10.9 Å². The highest BCUT2D eigenvalue weighted by Crippen LogP contribution is 2.27. The fourth-order valence-electron chi connectivity index (χ4n) is 1.97. The number of rotatable bonds is 3. The molecular weight excluding hydrogens is 196 g/mol. The van der Waals surface area contributed by atoms with Crippen LogP contribution in [0.15, 0.2) is 36.5 Å². The molecule has 2 atom stereocenters. The number of nitrogens with two attached hydrogens (primary N) is 1. The van der Waals surface area contributed by atoms with E-state index in [-0.39, 0.29) is 6.04 Å². The maximum absolute atomic E-state index is 6.29. The van der Waals surface area contributed by atoms with Gasteiger partial charge < -0.3 is 5.73 Å². The molecule has 2 rings (SSSR count). The molecule has 0 bridgehead atoms. The van der Waals surface area contributed by atoms with Gasteiger partial charge in [0.25, 0.3) is 0 Å². The van der Waals surface area contributed by atoms with Crippen molar-refractivity contribution in [3.63, 3.8) is 0 Å². The minimum Gasteiger partial charge on any atom is -0.324 e. The third kappa shape index (κ3) is 1.93. The van der Waals surface area contributed by atoms with Crippen molar-refractivity contribution in [3.8, 4) is 0 Å². The smallest absolute Gasteiger partial charge is 0.0705 e. The van der Waals surface area contributed by atoms with Crippen LogP contribution < -0.4 is 5.73 Å². The summed E-state index contributed by atoms with van der Waals surface area (Å²) in [5.41, 5.74) is 8.52. The summed E-state index contributed by atoms with van der Waals surface area (Å²) in [4.78, 5) is 4.35. The first kappa shape index (κ1) is 11.1. The fourth-order valence-corrected chi connectivity index (χ4v) is 1.97. The van der Waals surface area contributed by atoms with Gasteiger partial charge in [-0.3, -0.25) is 4.98 Å². The molecular formula is C14H18N2. The lowest BCUT2D eigenvalue weighted by molar-refractivity contribution is 0.459. The maximum Gasteiger partial charge on any atom is 0.0705 e. The molecule has 2 unspecified atom stereocenters. The van der Waals surface area contributed by atoms with E-state index in [1.165, 1.54) is 10.9 Å². The first-order chi connectivity index (χ1) is 7.74. The second-order valence-electron chi connectivity index (χ2n) is 4.33. The van der Waals surface area contributed by atoms with Crippen LogP contribution in [0, 0.1) is 5.92 Å². The molecule has 1 aromatic carbocycles. The van der Waals surface area contributed by atoms with E-state index in [2.05, 4.69) is 24.9 Å². The zero-order valence-electron chi connectivity index (χ0n) is 9.85. The fraction of sp³-hybridized carbons (Fsp3) is 0.357. The van der Waals surface area contributed by atoms with Gasteiger partial charge in [0.05, 0.1) is 5.52 Å². The van der Waals surface area contributed by atoms with E-state index in [0.717, 1.165) is 11.9 Å². The number of hydrogen-bond donors (Lipinski definition) is 1. The molecule has 0 aliphatic heterocycles. The number of fused-ring (bicyclic) bond motifs is 1. The molecule has 0 amide bonds. The SMILES string of the molecule is CCC(C)C(N)c1ccnc2ccccc12. The standard InChI is InChI=1S/C14H18N2/c1-3-10(2)14(15)12-8-9-16-13-7-5-4-6-11(12)13/h4-10,14H,3,15H2,1-2H3. The van der Waals surface area contributed by atoms with Gasteiger partial charge in [-0.1, -0.05) is 38.5 Å². The number of pyridine rings is 1. The maximum atomic E-state index is 6.29. The van der Waals surface area contributed by atoms with Crippen LogP contribution in [-0.2, 0) is 0 Å². The van der Waals surface area contributed by atoms with Crippen molar-refractivity contribution in [2.45, 2.75) is 26.3 Å². The van der Waals surface area contributed by atoms with Gasteiger partial charge in [0.2, 0.25) is 0 Å². The number of nitrogens with zero attached hydrogens (tertiary/aromatic N) is 1. The van der Waals surface area contributed by atoms with Crippen LogP contribution in [0.2, 0.25) is 0 Å². The third-order valence-electron chi connectivity index (χ3n) is 3.30. The average Bonchev–Trinajstić information content (AvgIpc) is 2.36. The van der Waals surface area contributed by atoms with Crippen LogP contribution in [0.4, 0.5) is 0 Å². The normalized spacial score (nSPS) is 14.9. The highest BCUT2D eigenvalue weighted by Gasteiger charge is 2.15. The molecule has 0 saturated carbocycles. The molecule has 0 aliphatic rings. The van der Waals surface area contributed by atoms with Crippen molar-refractivity contribution in [1.82, 2.24) is 4.98 Å². The molecule has 2 N–H and O–H groups in total. The minimum atomic E-state index is 0.0953. The summed E-state index contributed by atoms with van der Waals surface area (Å²) in [5, 5.41) is 1.18. The molecule has 1 heterocycles. The molecule has 2 nitrogen and oxygen atoms in total. The molecule has 1 aromatic heterocycles. The molecule has 0 fully saturated rings. The van der Waals surface area contributed by atoms with E-state index in [1.807, 2.05) is 30.5 Å². The molecule has 16 heavy (non-hydrogen) atoms. The van der Waals surface area contributed by atoms with Gasteiger partial charge in [0, 0.05) is 17.6 Å². The lowest BCUT2D eigenvalue weighted by Gasteiger charge is -2.20. The van der Waals surface area contributed by atoms with Crippen molar-refractivity contribution in [2.75, 3.05) is 0 Å². The Kier molecular flexibility index (Phi) is 3.20. The van der Waals surface area contributed by atoms with Gasteiger partial charge in [-0.05, 0) is 23.6 Å². The first-order valence-corrected chi connectivity index (χ1v) is 5.83. The minimum absolute atomic E-state index is 0.0953. The number of para-hydroxylation sites is 1. The molecule has 2 aromatic rings. The Bertz CT molecular complexity index is 474. The first-order valence-electron chi connectivity index (χ1n) is 5.83. The lowest BCUT2D eigenvalue weighted by Crippen LogP contribution is -2.18. The van der Waals surface area contributed by atoms with Gasteiger partial charge >= 0.3 is 0 Å². The molecule has 0 aliphatic carbocycles. The Labute approximate surface area is 96.5 Å². The predicted octanol–water partition coefficient (Wildman–Crippen LogP) is 3.28. The third-order valence-corrected chi connectivity index (χ3v) is 3.30. The summed E-state index contributed by atoms with van der Waals surface area (Å²) in [6, 6.07) is 10.3. The lowest BCUT2D eigenvalue weighted by atomic mass is 9.91. The molecule has 0 saturated heterocycles. The Morgan fingerprint density at radius 3 is 2.75 bits per heavy atom. The van der Waals surface area contributed by atoms with E-state index in [9.17, 15) is 0 Å². The van der Waals surface area contributed by atoms with E-state index < -0.39 is 0 Å². The number of benzene rings is 1. The van der Waals surface area contributed by atoms with E-state index >= 15 is 0 Å². The molecule has 0 radical (unpaired) electrons. The van der Waals surface area contributed by atoms with Crippen LogP contribution in [0.3, 0.4) is 0 Å². The van der Waals surface area contributed by atoms with Gasteiger partial charge in [0.1, 0.15) is 0 Å².